The largest absolute Gasteiger partial charge is 0.385 e. The number of rotatable bonds is 8. The van der Waals surface area contributed by atoms with E-state index in [0.717, 1.165) is 6.42 Å². The Labute approximate surface area is 124 Å². The zero-order valence-electron chi connectivity index (χ0n) is 13.2. The van der Waals surface area contributed by atoms with Crippen LogP contribution in [-0.2, 0) is 4.74 Å². The van der Waals surface area contributed by atoms with E-state index in [9.17, 15) is 10.1 Å². The molecule has 0 fully saturated rings. The minimum absolute atomic E-state index is 0.0669. The van der Waals surface area contributed by atoms with Crippen LogP contribution in [0.4, 0.5) is 17.5 Å². The van der Waals surface area contributed by atoms with Gasteiger partial charge in [-0.2, -0.15) is 4.98 Å². The summed E-state index contributed by atoms with van der Waals surface area (Å²) in [6, 6.07) is 0. The Bertz CT molecular complexity index is 505. The molecule has 8 heteroatoms. The smallest absolute Gasteiger partial charge is 0.332 e. The van der Waals surface area contributed by atoms with Crippen molar-refractivity contribution in [2.45, 2.75) is 27.2 Å². The lowest BCUT2D eigenvalue weighted by atomic mass is 9.90. The summed E-state index contributed by atoms with van der Waals surface area (Å²) in [6.45, 7) is 6.93. The van der Waals surface area contributed by atoms with E-state index in [4.69, 9.17) is 4.74 Å². The lowest BCUT2D eigenvalue weighted by Gasteiger charge is -2.24. The molecule has 0 radical (unpaired) electrons. The highest BCUT2D eigenvalue weighted by atomic mass is 16.6. The molecule has 1 aromatic heterocycles. The van der Waals surface area contributed by atoms with Gasteiger partial charge in [0, 0.05) is 27.3 Å². The summed E-state index contributed by atoms with van der Waals surface area (Å²) in [5.41, 5.74) is 0.177. The molecule has 1 heterocycles. The van der Waals surface area contributed by atoms with Gasteiger partial charge >= 0.3 is 5.69 Å². The Morgan fingerprint density at radius 3 is 2.57 bits per heavy atom. The summed E-state index contributed by atoms with van der Waals surface area (Å²) < 4.78 is 5.08. The third-order valence-electron chi connectivity index (χ3n) is 3.18. The molecule has 118 valence electrons. The van der Waals surface area contributed by atoms with Crippen LogP contribution < -0.4 is 10.6 Å². The van der Waals surface area contributed by atoms with Crippen molar-refractivity contribution in [3.63, 3.8) is 0 Å². The Morgan fingerprint density at radius 2 is 2.05 bits per heavy atom. The topological polar surface area (TPSA) is 102 Å². The predicted molar refractivity (Wildman–Crippen MR) is 81.7 cm³/mol. The maximum Gasteiger partial charge on any atom is 0.332 e. The van der Waals surface area contributed by atoms with Crippen molar-refractivity contribution in [1.82, 2.24) is 9.97 Å². The number of methoxy groups -OCH3 is 1. The van der Waals surface area contributed by atoms with Crippen molar-refractivity contribution in [2.75, 3.05) is 37.9 Å². The van der Waals surface area contributed by atoms with Crippen molar-refractivity contribution in [3.05, 3.63) is 15.8 Å². The number of nitrogens with zero attached hydrogens (tertiary/aromatic N) is 3. The van der Waals surface area contributed by atoms with Crippen LogP contribution >= 0.6 is 0 Å². The van der Waals surface area contributed by atoms with E-state index in [2.05, 4.69) is 34.4 Å². The quantitative estimate of drug-likeness (QED) is 0.560. The van der Waals surface area contributed by atoms with E-state index in [-0.39, 0.29) is 16.9 Å². The molecule has 0 saturated heterocycles. The SMILES string of the molecule is CNc1nc(C)c([N+](=O)[O-])c(NCC(C)(C)CCOC)n1. The van der Waals surface area contributed by atoms with Crippen molar-refractivity contribution < 1.29 is 9.66 Å². The standard InChI is InChI=1S/C13H23N5O3/c1-9-10(18(19)20)11(17-12(14-4)16-9)15-8-13(2,3)6-7-21-5/h6-8H2,1-5H3,(H2,14,15,16,17). The zero-order valence-corrected chi connectivity index (χ0v) is 13.2. The number of aryl methyl sites for hydroxylation is 1. The summed E-state index contributed by atoms with van der Waals surface area (Å²) in [4.78, 5) is 18.9. The molecule has 0 bridgehead atoms. The Morgan fingerprint density at radius 1 is 1.38 bits per heavy atom. The van der Waals surface area contributed by atoms with E-state index >= 15 is 0 Å². The van der Waals surface area contributed by atoms with Gasteiger partial charge in [0.1, 0.15) is 5.69 Å². The predicted octanol–water partition coefficient (Wildman–Crippen LogP) is 2.21. The Kier molecular flexibility index (Phi) is 5.83. The fraction of sp³-hybridized carbons (Fsp3) is 0.692. The van der Waals surface area contributed by atoms with Gasteiger partial charge in [-0.3, -0.25) is 10.1 Å². The normalized spacial score (nSPS) is 11.3. The summed E-state index contributed by atoms with van der Waals surface area (Å²) >= 11 is 0. The first-order valence-corrected chi connectivity index (χ1v) is 6.74. The third-order valence-corrected chi connectivity index (χ3v) is 3.18. The van der Waals surface area contributed by atoms with Gasteiger partial charge in [0.05, 0.1) is 4.92 Å². The number of ether oxygens (including phenoxy) is 1. The molecule has 0 aliphatic heterocycles. The van der Waals surface area contributed by atoms with Crippen LogP contribution in [0, 0.1) is 22.5 Å². The fourth-order valence-corrected chi connectivity index (χ4v) is 1.81. The first-order chi connectivity index (χ1) is 9.80. The highest BCUT2D eigenvalue weighted by Crippen LogP contribution is 2.28. The minimum atomic E-state index is -0.459. The van der Waals surface area contributed by atoms with E-state index < -0.39 is 4.92 Å². The Hall–Kier alpha value is -1.96. The van der Waals surface area contributed by atoms with Gasteiger partial charge in [-0.15, -0.1) is 0 Å². The van der Waals surface area contributed by atoms with Crippen molar-refractivity contribution in [1.29, 1.82) is 0 Å². The zero-order chi connectivity index (χ0) is 16.0. The van der Waals surface area contributed by atoms with Gasteiger partial charge < -0.3 is 15.4 Å². The summed E-state index contributed by atoms with van der Waals surface area (Å²) in [6.07, 6.45) is 0.841. The van der Waals surface area contributed by atoms with Gasteiger partial charge in [0.25, 0.3) is 0 Å². The first-order valence-electron chi connectivity index (χ1n) is 6.74. The monoisotopic (exact) mass is 297 g/mol. The molecule has 1 aromatic rings. The molecule has 0 spiro atoms. The number of aromatic nitrogens is 2. The maximum atomic E-state index is 11.2. The van der Waals surface area contributed by atoms with Gasteiger partial charge in [-0.1, -0.05) is 13.8 Å². The highest BCUT2D eigenvalue weighted by molar-refractivity contribution is 5.60. The highest BCUT2D eigenvalue weighted by Gasteiger charge is 2.24. The van der Waals surface area contributed by atoms with Gasteiger partial charge in [0.15, 0.2) is 0 Å². The van der Waals surface area contributed by atoms with E-state index in [1.54, 1.807) is 21.1 Å². The molecular weight excluding hydrogens is 274 g/mol. The minimum Gasteiger partial charge on any atom is -0.385 e. The lowest BCUT2D eigenvalue weighted by Crippen LogP contribution is -2.25. The average Bonchev–Trinajstić information content (AvgIpc) is 2.42. The molecular formula is C13H23N5O3. The number of anilines is 2. The molecule has 0 aliphatic carbocycles. The third kappa shape index (κ3) is 4.82. The van der Waals surface area contributed by atoms with Gasteiger partial charge in [-0.05, 0) is 18.8 Å². The molecule has 0 atom stereocenters. The van der Waals surface area contributed by atoms with Gasteiger partial charge in [0.2, 0.25) is 11.8 Å². The summed E-state index contributed by atoms with van der Waals surface area (Å²) in [5, 5.41) is 17.1. The molecule has 21 heavy (non-hydrogen) atoms. The molecule has 1 rings (SSSR count). The van der Waals surface area contributed by atoms with Crippen molar-refractivity contribution >= 4 is 17.5 Å². The number of hydrogen-bond acceptors (Lipinski definition) is 7. The van der Waals surface area contributed by atoms with Crippen LogP contribution in [0.25, 0.3) is 0 Å². The van der Waals surface area contributed by atoms with E-state index in [0.29, 0.717) is 24.8 Å². The van der Waals surface area contributed by atoms with Crippen LogP contribution in [0.3, 0.4) is 0 Å². The second-order valence-corrected chi connectivity index (χ2v) is 5.60. The molecule has 8 nitrogen and oxygen atoms in total. The molecule has 0 unspecified atom stereocenters. The fourth-order valence-electron chi connectivity index (χ4n) is 1.81. The molecule has 2 N–H and O–H groups in total. The van der Waals surface area contributed by atoms with Crippen molar-refractivity contribution in [3.8, 4) is 0 Å². The van der Waals surface area contributed by atoms with Crippen LogP contribution in [0.15, 0.2) is 0 Å². The van der Waals surface area contributed by atoms with Crippen LogP contribution in [0.1, 0.15) is 26.0 Å². The molecule has 0 aliphatic rings. The summed E-state index contributed by atoms with van der Waals surface area (Å²) in [5.74, 6) is 0.595. The van der Waals surface area contributed by atoms with E-state index in [1.165, 1.54) is 0 Å². The average molecular weight is 297 g/mol. The Balaban J connectivity index is 2.96. The van der Waals surface area contributed by atoms with Crippen LogP contribution in [-0.4, -0.2) is 42.2 Å². The van der Waals surface area contributed by atoms with Crippen LogP contribution in [0.5, 0.6) is 0 Å². The lowest BCUT2D eigenvalue weighted by molar-refractivity contribution is -0.385. The molecule has 0 amide bonds. The number of nitrogens with one attached hydrogen (secondary N) is 2. The van der Waals surface area contributed by atoms with E-state index in [1.807, 2.05) is 0 Å². The second-order valence-electron chi connectivity index (χ2n) is 5.60. The van der Waals surface area contributed by atoms with Gasteiger partial charge in [-0.25, -0.2) is 4.98 Å². The number of nitro groups is 1. The van der Waals surface area contributed by atoms with Crippen LogP contribution in [0.2, 0.25) is 0 Å². The first kappa shape index (κ1) is 17.1. The number of hydrogen-bond donors (Lipinski definition) is 2. The molecule has 0 aromatic carbocycles. The molecule has 0 saturated carbocycles. The summed E-state index contributed by atoms with van der Waals surface area (Å²) in [7, 11) is 3.33. The maximum absolute atomic E-state index is 11.2. The van der Waals surface area contributed by atoms with Crippen molar-refractivity contribution in [2.24, 2.45) is 5.41 Å². The second kappa shape index (κ2) is 7.16.